The topological polar surface area (TPSA) is 85.2 Å². The maximum Gasteiger partial charge on any atom is 0.319 e. The van der Waals surface area contributed by atoms with Gasteiger partial charge in [0.15, 0.2) is 0 Å². The Balaban J connectivity index is 1.98. The second kappa shape index (κ2) is 8.65. The van der Waals surface area contributed by atoms with Crippen molar-refractivity contribution in [1.82, 2.24) is 5.32 Å². The SMILES string of the molecule is N#Cc1cc(F)ccc1NC(=O)NCC(CCO)c1ccccc1. The molecule has 2 amide bonds. The van der Waals surface area contributed by atoms with Gasteiger partial charge in [-0.25, -0.2) is 9.18 Å². The predicted molar refractivity (Wildman–Crippen MR) is 89.0 cm³/mol. The van der Waals surface area contributed by atoms with Crippen LogP contribution in [0.5, 0.6) is 0 Å². The van der Waals surface area contributed by atoms with Gasteiger partial charge in [-0.1, -0.05) is 30.3 Å². The van der Waals surface area contributed by atoms with E-state index in [0.717, 1.165) is 11.6 Å². The van der Waals surface area contributed by atoms with Gasteiger partial charge in [0.25, 0.3) is 0 Å². The van der Waals surface area contributed by atoms with Crippen molar-refractivity contribution in [1.29, 1.82) is 5.26 Å². The van der Waals surface area contributed by atoms with Crippen LogP contribution in [0, 0.1) is 17.1 Å². The molecule has 0 aromatic heterocycles. The summed E-state index contributed by atoms with van der Waals surface area (Å²) in [6.45, 7) is 0.346. The monoisotopic (exact) mass is 327 g/mol. The highest BCUT2D eigenvalue weighted by Crippen LogP contribution is 2.19. The van der Waals surface area contributed by atoms with Gasteiger partial charge in [0.1, 0.15) is 11.9 Å². The third-order valence-corrected chi connectivity index (χ3v) is 3.61. The minimum Gasteiger partial charge on any atom is -0.396 e. The third-order valence-electron chi connectivity index (χ3n) is 3.61. The largest absolute Gasteiger partial charge is 0.396 e. The second-order valence-corrected chi connectivity index (χ2v) is 5.26. The highest BCUT2D eigenvalue weighted by atomic mass is 19.1. The molecule has 6 heteroatoms. The number of hydrogen-bond donors (Lipinski definition) is 3. The summed E-state index contributed by atoms with van der Waals surface area (Å²) in [6, 6.07) is 14.5. The van der Waals surface area contributed by atoms with Crippen LogP contribution in [0.2, 0.25) is 0 Å². The van der Waals surface area contributed by atoms with E-state index in [2.05, 4.69) is 10.6 Å². The number of aliphatic hydroxyl groups excluding tert-OH is 1. The number of urea groups is 1. The zero-order valence-electron chi connectivity index (χ0n) is 13.0. The first kappa shape index (κ1) is 17.4. The fourth-order valence-corrected chi connectivity index (χ4v) is 2.37. The summed E-state index contributed by atoms with van der Waals surface area (Å²) < 4.78 is 13.1. The highest BCUT2D eigenvalue weighted by Gasteiger charge is 2.13. The molecule has 0 radical (unpaired) electrons. The van der Waals surface area contributed by atoms with E-state index in [-0.39, 0.29) is 23.8 Å². The van der Waals surface area contributed by atoms with Gasteiger partial charge in [0.05, 0.1) is 11.3 Å². The molecule has 2 rings (SSSR count). The summed E-state index contributed by atoms with van der Waals surface area (Å²) in [6.07, 6.45) is 0.518. The van der Waals surface area contributed by atoms with Crippen LogP contribution < -0.4 is 10.6 Å². The molecule has 0 saturated heterocycles. The van der Waals surface area contributed by atoms with Gasteiger partial charge in [0.2, 0.25) is 0 Å². The lowest BCUT2D eigenvalue weighted by Gasteiger charge is -2.17. The summed E-state index contributed by atoms with van der Waals surface area (Å²) in [4.78, 5) is 12.0. The van der Waals surface area contributed by atoms with Crippen LogP contribution in [0.15, 0.2) is 48.5 Å². The average molecular weight is 327 g/mol. The fraction of sp³-hybridized carbons (Fsp3) is 0.222. The number of nitriles is 1. The summed E-state index contributed by atoms with van der Waals surface area (Å²) >= 11 is 0. The Bertz CT molecular complexity index is 729. The molecule has 0 aliphatic heterocycles. The predicted octanol–water partition coefficient (Wildman–Crippen LogP) is 2.99. The average Bonchev–Trinajstić information content (AvgIpc) is 2.60. The molecule has 5 nitrogen and oxygen atoms in total. The number of hydrogen-bond acceptors (Lipinski definition) is 3. The zero-order valence-corrected chi connectivity index (χ0v) is 13.0. The van der Waals surface area contributed by atoms with Crippen LogP contribution in [-0.4, -0.2) is 24.3 Å². The van der Waals surface area contributed by atoms with Crippen LogP contribution in [0.1, 0.15) is 23.5 Å². The molecule has 1 atom stereocenters. The molecule has 0 aliphatic carbocycles. The Morgan fingerprint density at radius 2 is 2.00 bits per heavy atom. The molecule has 124 valence electrons. The molecule has 1 unspecified atom stereocenters. The van der Waals surface area contributed by atoms with E-state index in [0.29, 0.717) is 13.0 Å². The van der Waals surface area contributed by atoms with Crippen LogP contribution in [0.3, 0.4) is 0 Å². The first-order valence-electron chi connectivity index (χ1n) is 7.54. The van der Waals surface area contributed by atoms with Gasteiger partial charge < -0.3 is 15.7 Å². The molecule has 0 bridgehead atoms. The standard InChI is InChI=1S/C18H18FN3O2/c19-16-6-7-17(15(10-16)11-20)22-18(24)21-12-14(8-9-23)13-4-2-1-3-5-13/h1-7,10,14,23H,8-9,12H2,(H2,21,22,24). The number of nitrogens with one attached hydrogen (secondary N) is 2. The van der Waals surface area contributed by atoms with Crippen LogP contribution in [-0.2, 0) is 0 Å². The number of nitrogens with zero attached hydrogens (tertiary/aromatic N) is 1. The Hall–Kier alpha value is -2.91. The lowest BCUT2D eigenvalue weighted by Crippen LogP contribution is -2.33. The number of carbonyl (C=O) groups excluding carboxylic acids is 1. The van der Waals surface area contributed by atoms with Crippen molar-refractivity contribution in [2.45, 2.75) is 12.3 Å². The van der Waals surface area contributed by atoms with Crippen molar-refractivity contribution in [2.24, 2.45) is 0 Å². The molecule has 0 spiro atoms. The smallest absolute Gasteiger partial charge is 0.319 e. The van der Waals surface area contributed by atoms with E-state index >= 15 is 0 Å². The van der Waals surface area contributed by atoms with Gasteiger partial charge in [-0.3, -0.25) is 0 Å². The van der Waals surface area contributed by atoms with Crippen LogP contribution >= 0.6 is 0 Å². The normalized spacial score (nSPS) is 11.4. The zero-order chi connectivity index (χ0) is 17.4. The fourth-order valence-electron chi connectivity index (χ4n) is 2.37. The van der Waals surface area contributed by atoms with Crippen molar-refractivity contribution < 1.29 is 14.3 Å². The molecular formula is C18H18FN3O2. The van der Waals surface area contributed by atoms with Crippen molar-refractivity contribution in [3.05, 3.63) is 65.5 Å². The second-order valence-electron chi connectivity index (χ2n) is 5.26. The summed E-state index contributed by atoms with van der Waals surface area (Å²) in [5.74, 6) is -0.560. The van der Waals surface area contributed by atoms with E-state index in [1.54, 1.807) is 0 Å². The number of aliphatic hydroxyl groups is 1. The van der Waals surface area contributed by atoms with E-state index < -0.39 is 11.8 Å². The minimum absolute atomic E-state index is 0.0133. The lowest BCUT2D eigenvalue weighted by atomic mass is 9.96. The van der Waals surface area contributed by atoms with Gasteiger partial charge in [0, 0.05) is 19.1 Å². The highest BCUT2D eigenvalue weighted by molar-refractivity contribution is 5.90. The van der Waals surface area contributed by atoms with Gasteiger partial charge in [-0.15, -0.1) is 0 Å². The van der Waals surface area contributed by atoms with Crippen LogP contribution in [0.25, 0.3) is 0 Å². The third kappa shape index (κ3) is 4.80. The maximum atomic E-state index is 13.1. The molecule has 0 aliphatic rings. The summed E-state index contributed by atoms with van der Waals surface area (Å²) in [5, 5.41) is 23.4. The summed E-state index contributed by atoms with van der Waals surface area (Å²) in [5.41, 5.74) is 1.32. The Kier molecular flexibility index (Phi) is 6.29. The van der Waals surface area contributed by atoms with Gasteiger partial charge >= 0.3 is 6.03 Å². The Morgan fingerprint density at radius 1 is 1.25 bits per heavy atom. The van der Waals surface area contributed by atoms with Crippen molar-refractivity contribution in [3.63, 3.8) is 0 Å². The van der Waals surface area contributed by atoms with E-state index in [1.165, 1.54) is 12.1 Å². The van der Waals surface area contributed by atoms with Crippen LogP contribution in [0.4, 0.5) is 14.9 Å². The van der Waals surface area contributed by atoms with Crippen molar-refractivity contribution in [2.75, 3.05) is 18.5 Å². The molecule has 0 fully saturated rings. The quantitative estimate of drug-likeness (QED) is 0.762. The number of halogens is 1. The van der Waals surface area contributed by atoms with E-state index in [9.17, 15) is 14.3 Å². The van der Waals surface area contributed by atoms with E-state index in [4.69, 9.17) is 5.26 Å². The Labute approximate surface area is 139 Å². The number of amides is 2. The molecule has 2 aromatic rings. The first-order chi connectivity index (χ1) is 11.6. The van der Waals surface area contributed by atoms with E-state index in [1.807, 2.05) is 36.4 Å². The number of benzene rings is 2. The minimum atomic E-state index is -0.537. The maximum absolute atomic E-state index is 13.1. The first-order valence-corrected chi connectivity index (χ1v) is 7.54. The molecular weight excluding hydrogens is 309 g/mol. The molecule has 24 heavy (non-hydrogen) atoms. The number of carbonyl (C=O) groups is 1. The van der Waals surface area contributed by atoms with Gasteiger partial charge in [-0.2, -0.15) is 5.26 Å². The molecule has 0 heterocycles. The molecule has 2 aromatic carbocycles. The van der Waals surface area contributed by atoms with Gasteiger partial charge in [-0.05, 0) is 30.2 Å². The van der Waals surface area contributed by atoms with Crippen molar-refractivity contribution in [3.8, 4) is 6.07 Å². The number of rotatable bonds is 6. The number of anilines is 1. The molecule has 0 saturated carbocycles. The Morgan fingerprint density at radius 3 is 2.67 bits per heavy atom. The summed E-state index contributed by atoms with van der Waals surface area (Å²) in [7, 11) is 0. The molecule has 3 N–H and O–H groups in total. The lowest BCUT2D eigenvalue weighted by molar-refractivity contribution is 0.248. The van der Waals surface area contributed by atoms with Crippen molar-refractivity contribution >= 4 is 11.7 Å².